The Morgan fingerprint density at radius 2 is 2.00 bits per heavy atom. The van der Waals surface area contributed by atoms with Gasteiger partial charge in [0.25, 0.3) is 5.91 Å². The number of primary amides is 1. The zero-order chi connectivity index (χ0) is 24.6. The molecule has 34 heavy (non-hydrogen) atoms. The third-order valence-corrected chi connectivity index (χ3v) is 6.31. The van der Waals surface area contributed by atoms with Crippen LogP contribution in [0, 0.1) is 11.6 Å². The average molecular weight is 489 g/mol. The molecular formula is C23H22F2N4O4S. The van der Waals surface area contributed by atoms with Gasteiger partial charge in [-0.2, -0.15) is 0 Å². The van der Waals surface area contributed by atoms with E-state index in [9.17, 15) is 23.5 Å². The van der Waals surface area contributed by atoms with E-state index < -0.39 is 29.2 Å². The number of aliphatic hydroxyl groups is 1. The van der Waals surface area contributed by atoms with Crippen molar-refractivity contribution in [2.45, 2.75) is 26.0 Å². The van der Waals surface area contributed by atoms with Crippen LogP contribution >= 0.6 is 11.3 Å². The van der Waals surface area contributed by atoms with Crippen molar-refractivity contribution in [1.29, 1.82) is 0 Å². The van der Waals surface area contributed by atoms with Gasteiger partial charge in [0.15, 0.2) is 0 Å². The number of nitrogens with two attached hydrogens (primary N) is 1. The lowest BCUT2D eigenvalue weighted by Crippen LogP contribution is -2.24. The molecule has 0 spiro atoms. The van der Waals surface area contributed by atoms with E-state index in [1.165, 1.54) is 24.8 Å². The molecule has 1 saturated heterocycles. The van der Waals surface area contributed by atoms with E-state index in [-0.39, 0.29) is 33.1 Å². The highest BCUT2D eigenvalue weighted by Crippen LogP contribution is 2.40. The second-order valence-electron chi connectivity index (χ2n) is 8.27. The maximum atomic E-state index is 14.8. The number of hydrogen-bond donors (Lipinski definition) is 3. The molecule has 1 aromatic carbocycles. The third-order valence-electron chi connectivity index (χ3n) is 5.24. The molecule has 0 saturated carbocycles. The van der Waals surface area contributed by atoms with Crippen molar-refractivity contribution in [3.63, 3.8) is 0 Å². The number of ether oxygens (including phenoxy) is 1. The van der Waals surface area contributed by atoms with E-state index in [0.717, 1.165) is 23.5 Å². The normalized spacial score (nSPS) is 13.8. The van der Waals surface area contributed by atoms with E-state index in [2.05, 4.69) is 10.3 Å². The first-order chi connectivity index (χ1) is 16.0. The molecule has 0 aliphatic carbocycles. The number of thiophene rings is 1. The fourth-order valence-corrected chi connectivity index (χ4v) is 4.59. The Morgan fingerprint density at radius 1 is 1.29 bits per heavy atom. The van der Waals surface area contributed by atoms with Gasteiger partial charge in [0, 0.05) is 4.88 Å². The molecule has 0 atom stereocenters. The summed E-state index contributed by atoms with van der Waals surface area (Å²) in [4.78, 5) is 29.8. The number of aromatic nitrogens is 1. The fraction of sp³-hybridized carbons (Fsp3) is 0.261. The first kappa shape index (κ1) is 23.6. The maximum Gasteiger partial charge on any atom is 0.410 e. The number of pyridine rings is 1. The maximum absolute atomic E-state index is 14.8. The Morgan fingerprint density at radius 3 is 2.59 bits per heavy atom. The number of nitrogens with zero attached hydrogens (tertiary/aromatic N) is 2. The summed E-state index contributed by atoms with van der Waals surface area (Å²) in [5.41, 5.74) is 4.45. The molecule has 1 aliphatic rings. The van der Waals surface area contributed by atoms with Crippen molar-refractivity contribution in [1.82, 2.24) is 9.88 Å². The lowest BCUT2D eigenvalue weighted by Gasteiger charge is -2.18. The van der Waals surface area contributed by atoms with Crippen LogP contribution in [0.5, 0.6) is 0 Å². The molecule has 2 amide bonds. The quantitative estimate of drug-likeness (QED) is 0.461. The van der Waals surface area contributed by atoms with E-state index in [1.54, 1.807) is 18.2 Å². The highest BCUT2D eigenvalue weighted by Gasteiger charge is 2.25. The predicted octanol–water partition coefficient (Wildman–Crippen LogP) is 4.11. The second kappa shape index (κ2) is 8.99. The Hall–Kier alpha value is -3.57. The van der Waals surface area contributed by atoms with Crippen molar-refractivity contribution >= 4 is 34.2 Å². The minimum atomic E-state index is -1.43. The molecule has 11 heteroatoms. The van der Waals surface area contributed by atoms with Gasteiger partial charge < -0.3 is 20.9 Å². The molecule has 4 rings (SSSR count). The van der Waals surface area contributed by atoms with Crippen LogP contribution in [0.25, 0.3) is 10.4 Å². The van der Waals surface area contributed by atoms with Gasteiger partial charge >= 0.3 is 6.09 Å². The minimum absolute atomic E-state index is 0.0423. The molecule has 0 bridgehead atoms. The number of halogens is 2. The smallest absolute Gasteiger partial charge is 0.410 e. The van der Waals surface area contributed by atoms with Crippen molar-refractivity contribution < 1.29 is 28.2 Å². The first-order valence-electron chi connectivity index (χ1n) is 10.3. The number of anilines is 2. The predicted molar refractivity (Wildman–Crippen MR) is 123 cm³/mol. The van der Waals surface area contributed by atoms with Gasteiger partial charge in [0.05, 0.1) is 35.5 Å². The van der Waals surface area contributed by atoms with Gasteiger partial charge in [-0.15, -0.1) is 11.3 Å². The first-order valence-corrected chi connectivity index (χ1v) is 11.1. The second-order valence-corrected chi connectivity index (χ2v) is 9.32. The standard InChI is InChI=1S/C23H22F2N4O4S/c1-23(2,32)12-8-15(24)19(16(25)9-12)17-10-14(20(26)30)21(34-17)28-18-5-3-4-13(27-18)11-29-6-7-33-22(29)31/h3-5,8-10,32H,6-7,11H2,1-2H3,(H2,26,30)(H,27,28). The summed E-state index contributed by atoms with van der Waals surface area (Å²) in [5, 5.41) is 13.3. The molecule has 1 aliphatic heterocycles. The summed E-state index contributed by atoms with van der Waals surface area (Å²) in [7, 11) is 0. The van der Waals surface area contributed by atoms with Crippen molar-refractivity contribution in [2.24, 2.45) is 5.73 Å². The Labute approximate surface area is 198 Å². The van der Waals surface area contributed by atoms with Gasteiger partial charge in [-0.1, -0.05) is 6.07 Å². The van der Waals surface area contributed by atoms with Crippen LogP contribution in [0.2, 0.25) is 0 Å². The van der Waals surface area contributed by atoms with Gasteiger partial charge in [-0.3, -0.25) is 9.69 Å². The number of nitrogens with one attached hydrogen (secondary N) is 1. The van der Waals surface area contributed by atoms with E-state index in [1.807, 2.05) is 0 Å². The molecule has 8 nitrogen and oxygen atoms in total. The lowest BCUT2D eigenvalue weighted by molar-refractivity contribution is 0.0778. The van der Waals surface area contributed by atoms with Crippen LogP contribution < -0.4 is 11.1 Å². The average Bonchev–Trinajstić information content (AvgIpc) is 3.33. The van der Waals surface area contributed by atoms with Crippen LogP contribution in [0.1, 0.15) is 35.5 Å². The Kier molecular flexibility index (Phi) is 6.24. The molecular weight excluding hydrogens is 466 g/mol. The molecule has 0 radical (unpaired) electrons. The summed E-state index contributed by atoms with van der Waals surface area (Å²) in [5.74, 6) is -2.17. The number of carbonyl (C=O) groups is 2. The van der Waals surface area contributed by atoms with Crippen LogP contribution in [0.15, 0.2) is 36.4 Å². The number of benzene rings is 1. The van der Waals surface area contributed by atoms with Gasteiger partial charge in [-0.25, -0.2) is 18.6 Å². The van der Waals surface area contributed by atoms with Gasteiger partial charge in [0.2, 0.25) is 0 Å². The van der Waals surface area contributed by atoms with Crippen molar-refractivity contribution in [3.8, 4) is 10.4 Å². The summed E-state index contributed by atoms with van der Waals surface area (Å²) < 4.78 is 34.6. The van der Waals surface area contributed by atoms with Crippen LogP contribution in [-0.4, -0.2) is 40.1 Å². The Balaban J connectivity index is 1.65. The summed E-state index contributed by atoms with van der Waals surface area (Å²) >= 11 is 0.938. The minimum Gasteiger partial charge on any atom is -0.448 e. The molecule has 1 fully saturated rings. The number of hydrogen-bond acceptors (Lipinski definition) is 7. The largest absolute Gasteiger partial charge is 0.448 e. The molecule has 178 valence electrons. The number of carbonyl (C=O) groups excluding carboxylic acids is 2. The zero-order valence-electron chi connectivity index (χ0n) is 18.4. The number of amides is 2. The molecule has 2 aromatic heterocycles. The highest BCUT2D eigenvalue weighted by molar-refractivity contribution is 7.20. The monoisotopic (exact) mass is 488 g/mol. The molecule has 4 N–H and O–H groups in total. The van der Waals surface area contributed by atoms with Gasteiger partial charge in [0.1, 0.15) is 29.1 Å². The van der Waals surface area contributed by atoms with E-state index in [0.29, 0.717) is 24.7 Å². The third kappa shape index (κ3) is 4.85. The lowest BCUT2D eigenvalue weighted by atomic mass is 9.96. The fourth-order valence-electron chi connectivity index (χ4n) is 3.47. The van der Waals surface area contributed by atoms with Crippen molar-refractivity contribution in [2.75, 3.05) is 18.5 Å². The summed E-state index contributed by atoms with van der Waals surface area (Å²) in [6.45, 7) is 3.87. The van der Waals surface area contributed by atoms with Gasteiger partial charge in [-0.05, 0) is 49.7 Å². The van der Waals surface area contributed by atoms with Crippen LogP contribution in [-0.2, 0) is 16.9 Å². The molecule has 3 heterocycles. The number of rotatable bonds is 7. The highest BCUT2D eigenvalue weighted by atomic mass is 32.1. The summed E-state index contributed by atoms with van der Waals surface area (Å²) in [6, 6.07) is 8.53. The topological polar surface area (TPSA) is 118 Å². The molecule has 3 aromatic rings. The van der Waals surface area contributed by atoms with Crippen LogP contribution in [0.3, 0.4) is 0 Å². The molecule has 0 unspecified atom stereocenters. The van der Waals surface area contributed by atoms with E-state index >= 15 is 0 Å². The van der Waals surface area contributed by atoms with E-state index in [4.69, 9.17) is 10.5 Å². The zero-order valence-corrected chi connectivity index (χ0v) is 19.2. The summed E-state index contributed by atoms with van der Waals surface area (Å²) in [6.07, 6.45) is -0.418. The Bertz CT molecular complexity index is 1250. The SMILES string of the molecule is CC(C)(O)c1cc(F)c(-c2cc(C(N)=O)c(Nc3cccc(CN4CCOC4=O)n3)s2)c(F)c1. The number of cyclic esters (lactones) is 1. The van der Waals surface area contributed by atoms with Crippen LogP contribution in [0.4, 0.5) is 24.4 Å². The van der Waals surface area contributed by atoms with Crippen molar-refractivity contribution in [3.05, 3.63) is 64.9 Å².